The molecule has 0 atom stereocenters. The average molecular weight is 256 g/mol. The van der Waals surface area contributed by atoms with Gasteiger partial charge in [-0.05, 0) is 37.6 Å². The van der Waals surface area contributed by atoms with Crippen molar-refractivity contribution < 1.29 is 8.42 Å². The van der Waals surface area contributed by atoms with Crippen molar-refractivity contribution in [3.05, 3.63) is 29.3 Å². The molecule has 4 nitrogen and oxygen atoms in total. The summed E-state index contributed by atoms with van der Waals surface area (Å²) in [6.07, 6.45) is 0. The van der Waals surface area contributed by atoms with Crippen LogP contribution in [0.3, 0.4) is 0 Å². The van der Waals surface area contributed by atoms with Gasteiger partial charge in [-0.3, -0.25) is 0 Å². The highest BCUT2D eigenvalue weighted by Gasteiger charge is 2.15. The maximum Gasteiger partial charge on any atom is 0.240 e. The van der Waals surface area contributed by atoms with Gasteiger partial charge in [0, 0.05) is 13.1 Å². The van der Waals surface area contributed by atoms with Gasteiger partial charge in [0.15, 0.2) is 0 Å². The van der Waals surface area contributed by atoms with Crippen molar-refractivity contribution in [1.82, 2.24) is 10.0 Å². The van der Waals surface area contributed by atoms with E-state index >= 15 is 0 Å². The van der Waals surface area contributed by atoms with Crippen LogP contribution in [0.25, 0.3) is 0 Å². The molecule has 0 unspecified atom stereocenters. The number of benzene rings is 1. The highest BCUT2D eigenvalue weighted by atomic mass is 32.2. The van der Waals surface area contributed by atoms with Crippen molar-refractivity contribution in [1.29, 1.82) is 0 Å². The van der Waals surface area contributed by atoms with Crippen LogP contribution in [-0.4, -0.2) is 28.1 Å². The fraction of sp³-hybridized carbons (Fsp3) is 0.500. The normalized spacial score (nSPS) is 11.7. The van der Waals surface area contributed by atoms with Gasteiger partial charge < -0.3 is 5.32 Å². The van der Waals surface area contributed by atoms with Crippen molar-refractivity contribution >= 4 is 10.0 Å². The van der Waals surface area contributed by atoms with Crippen LogP contribution in [0, 0.1) is 13.8 Å². The van der Waals surface area contributed by atoms with E-state index in [1.807, 2.05) is 26.0 Å². The monoisotopic (exact) mass is 256 g/mol. The number of rotatable bonds is 6. The summed E-state index contributed by atoms with van der Waals surface area (Å²) in [6, 6.07) is 5.44. The summed E-state index contributed by atoms with van der Waals surface area (Å²) in [5.41, 5.74) is 1.72. The minimum Gasteiger partial charge on any atom is -0.316 e. The SMILES string of the molecule is CCNCCNS(=O)(=O)c1cc(C)ccc1C. The van der Waals surface area contributed by atoms with E-state index in [1.165, 1.54) is 0 Å². The van der Waals surface area contributed by atoms with Crippen molar-refractivity contribution in [2.75, 3.05) is 19.6 Å². The van der Waals surface area contributed by atoms with Gasteiger partial charge in [0.25, 0.3) is 0 Å². The Morgan fingerprint density at radius 2 is 1.88 bits per heavy atom. The molecule has 0 radical (unpaired) electrons. The molecule has 5 heteroatoms. The lowest BCUT2D eigenvalue weighted by atomic mass is 10.2. The first-order valence-electron chi connectivity index (χ1n) is 5.75. The van der Waals surface area contributed by atoms with E-state index in [-0.39, 0.29) is 0 Å². The number of sulfonamides is 1. The summed E-state index contributed by atoms with van der Waals surface area (Å²) in [5.74, 6) is 0. The minimum atomic E-state index is -3.38. The molecule has 1 aromatic carbocycles. The lowest BCUT2D eigenvalue weighted by Crippen LogP contribution is -2.32. The number of likely N-dealkylation sites (N-methyl/N-ethyl adjacent to an activating group) is 1. The summed E-state index contributed by atoms with van der Waals surface area (Å²) in [6.45, 7) is 7.56. The molecule has 2 N–H and O–H groups in total. The quantitative estimate of drug-likeness (QED) is 0.752. The number of nitrogens with one attached hydrogen (secondary N) is 2. The van der Waals surface area contributed by atoms with Gasteiger partial charge >= 0.3 is 0 Å². The predicted molar refractivity (Wildman–Crippen MR) is 69.6 cm³/mol. The first kappa shape index (κ1) is 14.2. The van der Waals surface area contributed by atoms with Gasteiger partial charge in [0.05, 0.1) is 4.90 Å². The summed E-state index contributed by atoms with van der Waals surface area (Å²) in [5, 5.41) is 3.07. The van der Waals surface area contributed by atoms with Gasteiger partial charge in [-0.25, -0.2) is 13.1 Å². The molecule has 0 saturated heterocycles. The topological polar surface area (TPSA) is 58.2 Å². The van der Waals surface area contributed by atoms with Crippen molar-refractivity contribution in [2.45, 2.75) is 25.7 Å². The van der Waals surface area contributed by atoms with E-state index in [1.54, 1.807) is 13.0 Å². The van der Waals surface area contributed by atoms with Crippen LogP contribution in [0.4, 0.5) is 0 Å². The number of aryl methyl sites for hydroxylation is 2. The van der Waals surface area contributed by atoms with Crippen LogP contribution in [-0.2, 0) is 10.0 Å². The molecular formula is C12H20N2O2S. The lowest BCUT2D eigenvalue weighted by Gasteiger charge is -2.10. The van der Waals surface area contributed by atoms with Gasteiger partial charge in [0.2, 0.25) is 10.0 Å². The summed E-state index contributed by atoms with van der Waals surface area (Å²) >= 11 is 0. The number of hydrogen-bond donors (Lipinski definition) is 2. The zero-order chi connectivity index (χ0) is 12.9. The standard InChI is InChI=1S/C12H20N2O2S/c1-4-13-7-8-14-17(15,16)12-9-10(2)5-6-11(12)3/h5-6,9,13-14H,4,7-8H2,1-3H3. The fourth-order valence-corrected chi connectivity index (χ4v) is 2.88. The molecule has 0 amide bonds. The van der Waals surface area contributed by atoms with E-state index in [0.29, 0.717) is 18.0 Å². The van der Waals surface area contributed by atoms with E-state index < -0.39 is 10.0 Å². The first-order valence-corrected chi connectivity index (χ1v) is 7.23. The summed E-state index contributed by atoms with van der Waals surface area (Å²) in [7, 11) is -3.38. The molecule has 0 aliphatic heterocycles. The minimum absolute atomic E-state index is 0.369. The molecule has 0 bridgehead atoms. The van der Waals surface area contributed by atoms with E-state index in [2.05, 4.69) is 10.0 Å². The third kappa shape index (κ3) is 4.11. The Labute approximate surface area is 103 Å². The molecule has 0 aliphatic carbocycles. The Bertz CT molecular complexity index is 469. The van der Waals surface area contributed by atoms with Gasteiger partial charge in [-0.15, -0.1) is 0 Å². The van der Waals surface area contributed by atoms with Crippen LogP contribution in [0.2, 0.25) is 0 Å². The molecule has 0 heterocycles. The van der Waals surface area contributed by atoms with Gasteiger partial charge in [0.1, 0.15) is 0 Å². The highest BCUT2D eigenvalue weighted by molar-refractivity contribution is 7.89. The first-order chi connectivity index (χ1) is 7.97. The Hall–Kier alpha value is -0.910. The molecule has 0 saturated carbocycles. The second kappa shape index (κ2) is 6.14. The van der Waals surface area contributed by atoms with Crippen LogP contribution >= 0.6 is 0 Å². The van der Waals surface area contributed by atoms with Crippen LogP contribution in [0.1, 0.15) is 18.1 Å². The second-order valence-electron chi connectivity index (χ2n) is 4.02. The largest absolute Gasteiger partial charge is 0.316 e. The molecule has 1 aromatic rings. The lowest BCUT2D eigenvalue weighted by molar-refractivity contribution is 0.576. The maximum absolute atomic E-state index is 12.0. The zero-order valence-corrected chi connectivity index (χ0v) is 11.4. The van der Waals surface area contributed by atoms with Crippen LogP contribution in [0.15, 0.2) is 23.1 Å². The van der Waals surface area contributed by atoms with Crippen molar-refractivity contribution in [3.8, 4) is 0 Å². The molecule has 96 valence electrons. The molecule has 1 rings (SSSR count). The zero-order valence-electron chi connectivity index (χ0n) is 10.6. The molecule has 0 fully saturated rings. The second-order valence-corrected chi connectivity index (χ2v) is 5.76. The Kier molecular flexibility index (Phi) is 5.11. The maximum atomic E-state index is 12.0. The molecule has 0 spiro atoms. The van der Waals surface area contributed by atoms with E-state index in [0.717, 1.165) is 17.7 Å². The molecular weight excluding hydrogens is 236 g/mol. The van der Waals surface area contributed by atoms with Gasteiger partial charge in [-0.2, -0.15) is 0 Å². The Morgan fingerprint density at radius 3 is 2.53 bits per heavy atom. The third-order valence-electron chi connectivity index (χ3n) is 2.48. The van der Waals surface area contributed by atoms with Crippen LogP contribution in [0.5, 0.6) is 0 Å². The van der Waals surface area contributed by atoms with E-state index in [4.69, 9.17) is 0 Å². The molecule has 17 heavy (non-hydrogen) atoms. The summed E-state index contributed by atoms with van der Waals surface area (Å²) < 4.78 is 26.6. The van der Waals surface area contributed by atoms with Crippen LogP contribution < -0.4 is 10.0 Å². The molecule has 0 aliphatic rings. The fourth-order valence-electron chi connectivity index (χ4n) is 1.53. The van der Waals surface area contributed by atoms with Crippen molar-refractivity contribution in [2.24, 2.45) is 0 Å². The highest BCUT2D eigenvalue weighted by Crippen LogP contribution is 2.16. The van der Waals surface area contributed by atoms with E-state index in [9.17, 15) is 8.42 Å². The Balaban J connectivity index is 2.79. The number of hydrogen-bond acceptors (Lipinski definition) is 3. The summed E-state index contributed by atoms with van der Waals surface area (Å²) in [4.78, 5) is 0.369. The van der Waals surface area contributed by atoms with Gasteiger partial charge in [-0.1, -0.05) is 19.1 Å². The predicted octanol–water partition coefficient (Wildman–Crippen LogP) is 1.19. The average Bonchev–Trinajstić information content (AvgIpc) is 2.28. The third-order valence-corrected chi connectivity index (χ3v) is 4.08. The van der Waals surface area contributed by atoms with Crippen molar-refractivity contribution in [3.63, 3.8) is 0 Å². The molecule has 0 aromatic heterocycles. The smallest absolute Gasteiger partial charge is 0.240 e. The Morgan fingerprint density at radius 1 is 1.18 bits per heavy atom.